The lowest BCUT2D eigenvalue weighted by molar-refractivity contribution is -0.128. The van der Waals surface area contributed by atoms with Crippen molar-refractivity contribution >= 4 is 27.7 Å². The summed E-state index contributed by atoms with van der Waals surface area (Å²) < 4.78 is 13.3. The van der Waals surface area contributed by atoms with E-state index in [4.69, 9.17) is 0 Å². The molecule has 0 heterocycles. The molecule has 4 nitrogen and oxygen atoms in total. The monoisotopic (exact) mass is 330 g/mol. The van der Waals surface area contributed by atoms with Gasteiger partial charge in [0.15, 0.2) is 0 Å². The Kier molecular flexibility index (Phi) is 5.95. The molecule has 0 unspecified atom stereocenters. The summed E-state index contributed by atoms with van der Waals surface area (Å²) in [4.78, 5) is 24.4. The van der Waals surface area contributed by atoms with E-state index in [0.29, 0.717) is 16.6 Å². The quantitative estimate of drug-likeness (QED) is 0.893. The Hall–Kier alpha value is -1.43. The Morgan fingerprint density at radius 3 is 2.63 bits per heavy atom. The number of hydrogen-bond acceptors (Lipinski definition) is 2. The van der Waals surface area contributed by atoms with Crippen molar-refractivity contribution in [2.75, 3.05) is 20.6 Å². The van der Waals surface area contributed by atoms with Gasteiger partial charge in [0.1, 0.15) is 5.82 Å². The molecule has 0 bridgehead atoms. The maximum absolute atomic E-state index is 13.0. The molecule has 0 saturated heterocycles. The van der Waals surface area contributed by atoms with Crippen LogP contribution in [0, 0.1) is 5.82 Å². The van der Waals surface area contributed by atoms with Crippen molar-refractivity contribution in [2.45, 2.75) is 12.8 Å². The second kappa shape index (κ2) is 7.23. The highest BCUT2D eigenvalue weighted by molar-refractivity contribution is 9.10. The minimum absolute atomic E-state index is 0.0372. The molecule has 0 aliphatic heterocycles. The van der Waals surface area contributed by atoms with Crippen LogP contribution in [0.1, 0.15) is 12.0 Å². The molecule has 0 aliphatic carbocycles. The van der Waals surface area contributed by atoms with Crippen LogP contribution in [0.15, 0.2) is 22.7 Å². The summed E-state index contributed by atoms with van der Waals surface area (Å²) in [5, 5.41) is 2.66. The Morgan fingerprint density at radius 2 is 2.05 bits per heavy atom. The number of hydrogen-bond donors (Lipinski definition) is 1. The maximum Gasteiger partial charge on any atom is 0.224 e. The zero-order valence-electron chi connectivity index (χ0n) is 10.9. The van der Waals surface area contributed by atoms with Gasteiger partial charge in [-0.1, -0.05) is 6.07 Å². The molecule has 0 aliphatic rings. The third-order valence-electron chi connectivity index (χ3n) is 2.51. The average molecular weight is 331 g/mol. The van der Waals surface area contributed by atoms with Crippen molar-refractivity contribution < 1.29 is 14.0 Å². The molecule has 0 spiro atoms. The van der Waals surface area contributed by atoms with Gasteiger partial charge in [0.25, 0.3) is 0 Å². The molecule has 1 aromatic rings. The third-order valence-corrected chi connectivity index (χ3v) is 3.12. The molecule has 1 N–H and O–H groups in total. The van der Waals surface area contributed by atoms with E-state index in [9.17, 15) is 14.0 Å². The van der Waals surface area contributed by atoms with Crippen LogP contribution in [0.4, 0.5) is 4.39 Å². The van der Waals surface area contributed by atoms with E-state index in [1.807, 2.05) is 0 Å². The molecule has 0 aromatic heterocycles. The topological polar surface area (TPSA) is 49.4 Å². The Labute approximate surface area is 120 Å². The fourth-order valence-electron chi connectivity index (χ4n) is 1.43. The number of halogens is 2. The fourth-order valence-corrected chi connectivity index (χ4v) is 1.86. The van der Waals surface area contributed by atoms with Gasteiger partial charge in [-0.25, -0.2) is 4.39 Å². The van der Waals surface area contributed by atoms with Crippen LogP contribution in [0.5, 0.6) is 0 Å². The Bertz CT molecular complexity index is 478. The zero-order valence-corrected chi connectivity index (χ0v) is 12.5. The van der Waals surface area contributed by atoms with E-state index in [0.717, 1.165) is 0 Å². The summed E-state index contributed by atoms with van der Waals surface area (Å²) in [6, 6.07) is 4.44. The lowest BCUT2D eigenvalue weighted by Gasteiger charge is -2.10. The molecule has 6 heteroatoms. The third kappa shape index (κ3) is 5.38. The van der Waals surface area contributed by atoms with Crippen LogP contribution in [0.3, 0.4) is 0 Å². The largest absolute Gasteiger partial charge is 0.355 e. The molecular weight excluding hydrogens is 315 g/mol. The predicted octanol–water partition coefficient (Wildman–Crippen LogP) is 1.73. The highest BCUT2D eigenvalue weighted by Crippen LogP contribution is 2.17. The van der Waals surface area contributed by atoms with Gasteiger partial charge in [0, 0.05) is 27.1 Å². The number of carbonyl (C=O) groups is 2. The van der Waals surface area contributed by atoms with Crippen LogP contribution in [-0.4, -0.2) is 37.4 Å². The van der Waals surface area contributed by atoms with E-state index < -0.39 is 0 Å². The molecule has 1 aromatic carbocycles. The Morgan fingerprint density at radius 1 is 1.37 bits per heavy atom. The van der Waals surface area contributed by atoms with E-state index in [1.165, 1.54) is 11.0 Å². The molecule has 0 atom stereocenters. The first-order valence-electron chi connectivity index (χ1n) is 5.81. The molecule has 2 amide bonds. The van der Waals surface area contributed by atoms with Crippen LogP contribution in [0.25, 0.3) is 0 Å². The van der Waals surface area contributed by atoms with Gasteiger partial charge in [-0.2, -0.15) is 0 Å². The van der Waals surface area contributed by atoms with Gasteiger partial charge < -0.3 is 10.2 Å². The second-order valence-electron chi connectivity index (χ2n) is 4.31. The lowest BCUT2D eigenvalue weighted by atomic mass is 10.1. The summed E-state index contributed by atoms with van der Waals surface area (Å²) in [7, 11) is 3.33. The van der Waals surface area contributed by atoms with Crippen LogP contribution in [-0.2, 0) is 16.0 Å². The van der Waals surface area contributed by atoms with Gasteiger partial charge >= 0.3 is 0 Å². The molecule has 1 rings (SSSR count). The van der Waals surface area contributed by atoms with Gasteiger partial charge in [0.2, 0.25) is 11.8 Å². The number of rotatable bonds is 5. The average Bonchev–Trinajstić information content (AvgIpc) is 2.33. The number of nitrogens with zero attached hydrogens (tertiary/aromatic N) is 1. The highest BCUT2D eigenvalue weighted by atomic mass is 79.9. The van der Waals surface area contributed by atoms with Crippen molar-refractivity contribution in [3.63, 3.8) is 0 Å². The van der Waals surface area contributed by atoms with E-state index in [1.54, 1.807) is 26.2 Å². The second-order valence-corrected chi connectivity index (χ2v) is 5.17. The normalized spacial score (nSPS) is 10.1. The van der Waals surface area contributed by atoms with Crippen LogP contribution in [0.2, 0.25) is 0 Å². The van der Waals surface area contributed by atoms with E-state index in [-0.39, 0.29) is 30.5 Å². The fraction of sp³-hybridized carbons (Fsp3) is 0.385. The van der Waals surface area contributed by atoms with Gasteiger partial charge in [0.05, 0.1) is 10.9 Å². The van der Waals surface area contributed by atoms with Crippen molar-refractivity contribution in [2.24, 2.45) is 0 Å². The minimum Gasteiger partial charge on any atom is -0.355 e. The number of amides is 2. The molecular formula is C13H16BrFN2O2. The first kappa shape index (κ1) is 15.6. The number of benzene rings is 1. The first-order chi connectivity index (χ1) is 8.90. The van der Waals surface area contributed by atoms with E-state index in [2.05, 4.69) is 21.2 Å². The van der Waals surface area contributed by atoms with Gasteiger partial charge in [-0.05, 0) is 33.6 Å². The van der Waals surface area contributed by atoms with Crippen molar-refractivity contribution in [3.8, 4) is 0 Å². The molecule has 0 radical (unpaired) electrons. The number of nitrogens with one attached hydrogen (secondary N) is 1. The Balaban J connectivity index is 2.39. The SMILES string of the molecule is CN(C)C(=O)CCNC(=O)Cc1ccc(F)c(Br)c1. The smallest absolute Gasteiger partial charge is 0.224 e. The summed E-state index contributed by atoms with van der Waals surface area (Å²) in [5.41, 5.74) is 0.713. The molecule has 0 fully saturated rings. The van der Waals surface area contributed by atoms with Crippen molar-refractivity contribution in [1.82, 2.24) is 10.2 Å². The summed E-state index contributed by atoms with van der Waals surface area (Å²) >= 11 is 3.07. The van der Waals surface area contributed by atoms with Crippen LogP contribution >= 0.6 is 15.9 Å². The van der Waals surface area contributed by atoms with Crippen LogP contribution < -0.4 is 5.32 Å². The zero-order chi connectivity index (χ0) is 14.4. The van der Waals surface area contributed by atoms with Gasteiger partial charge in [-0.15, -0.1) is 0 Å². The minimum atomic E-state index is -0.360. The summed E-state index contributed by atoms with van der Waals surface area (Å²) in [6.45, 7) is 0.304. The highest BCUT2D eigenvalue weighted by Gasteiger charge is 2.08. The maximum atomic E-state index is 13.0. The standard InChI is InChI=1S/C13H16BrFN2O2/c1-17(2)13(19)5-6-16-12(18)8-9-3-4-11(15)10(14)7-9/h3-4,7H,5-6,8H2,1-2H3,(H,16,18). The summed E-state index contributed by atoms with van der Waals surface area (Å²) in [6.07, 6.45) is 0.431. The van der Waals surface area contributed by atoms with E-state index >= 15 is 0 Å². The summed E-state index contributed by atoms with van der Waals surface area (Å²) in [5.74, 6) is -0.587. The molecule has 19 heavy (non-hydrogen) atoms. The first-order valence-corrected chi connectivity index (χ1v) is 6.60. The van der Waals surface area contributed by atoms with Crippen molar-refractivity contribution in [3.05, 3.63) is 34.1 Å². The molecule has 0 saturated carbocycles. The predicted molar refractivity (Wildman–Crippen MR) is 74.1 cm³/mol. The number of carbonyl (C=O) groups excluding carboxylic acids is 2. The van der Waals surface area contributed by atoms with Gasteiger partial charge in [-0.3, -0.25) is 9.59 Å². The lowest BCUT2D eigenvalue weighted by Crippen LogP contribution is -2.31. The van der Waals surface area contributed by atoms with Crippen molar-refractivity contribution in [1.29, 1.82) is 0 Å². The molecule has 104 valence electrons.